The number of benzene rings is 1. The van der Waals surface area contributed by atoms with Gasteiger partial charge < -0.3 is 5.32 Å². The van der Waals surface area contributed by atoms with Gasteiger partial charge in [-0.3, -0.25) is 9.69 Å². The molecule has 0 radical (unpaired) electrons. The maximum Gasteiger partial charge on any atom is 0.237 e. The fraction of sp³-hybridized carbons (Fsp3) is 0.533. The lowest BCUT2D eigenvalue weighted by molar-refractivity contribution is -0.126. The Morgan fingerprint density at radius 2 is 2.05 bits per heavy atom. The first-order valence-electron chi connectivity index (χ1n) is 7.22. The summed E-state index contributed by atoms with van der Waals surface area (Å²) in [5.74, 6) is 0.0674. The number of hydrogen-bond donors (Lipinski definition) is 1. The van der Waals surface area contributed by atoms with E-state index in [0.29, 0.717) is 18.0 Å². The summed E-state index contributed by atoms with van der Waals surface area (Å²) in [7, 11) is -1.12. The van der Waals surface area contributed by atoms with Gasteiger partial charge >= 0.3 is 0 Å². The monoisotopic (exact) mass is 344 g/mol. The zero-order chi connectivity index (χ0) is 16.3. The van der Waals surface area contributed by atoms with E-state index < -0.39 is 9.84 Å². The summed E-state index contributed by atoms with van der Waals surface area (Å²) >= 11 is 5.85. The maximum absolute atomic E-state index is 12.2. The molecule has 1 aliphatic heterocycles. The van der Waals surface area contributed by atoms with Crippen molar-refractivity contribution in [2.75, 3.05) is 18.6 Å². The van der Waals surface area contributed by atoms with Gasteiger partial charge in [0.2, 0.25) is 5.91 Å². The first-order chi connectivity index (χ1) is 10.3. The summed E-state index contributed by atoms with van der Waals surface area (Å²) in [6, 6.07) is 6.89. The molecule has 1 amide bonds. The van der Waals surface area contributed by atoms with Gasteiger partial charge in [0.25, 0.3) is 0 Å². The SMILES string of the molecule is C[C@@H](C(=O)N[C@@H]1CCS(=O)(=O)C1)N(C)Cc1ccc(Cl)cc1. The van der Waals surface area contributed by atoms with E-state index in [2.05, 4.69) is 5.32 Å². The van der Waals surface area contributed by atoms with Crippen molar-refractivity contribution in [3.63, 3.8) is 0 Å². The fourth-order valence-electron chi connectivity index (χ4n) is 2.45. The van der Waals surface area contributed by atoms with E-state index in [0.717, 1.165) is 5.56 Å². The van der Waals surface area contributed by atoms with Crippen molar-refractivity contribution in [3.05, 3.63) is 34.9 Å². The van der Waals surface area contributed by atoms with Gasteiger partial charge in [-0.1, -0.05) is 23.7 Å². The van der Waals surface area contributed by atoms with Gasteiger partial charge in [0.05, 0.1) is 17.5 Å². The third-order valence-electron chi connectivity index (χ3n) is 3.96. The number of rotatable bonds is 5. The first kappa shape index (κ1) is 17.2. The van der Waals surface area contributed by atoms with Crippen molar-refractivity contribution in [3.8, 4) is 0 Å². The fourth-order valence-corrected chi connectivity index (χ4v) is 4.24. The van der Waals surface area contributed by atoms with Crippen LogP contribution in [0.5, 0.6) is 0 Å². The minimum Gasteiger partial charge on any atom is -0.351 e. The lowest BCUT2D eigenvalue weighted by atomic mass is 10.1. The molecule has 1 N–H and O–H groups in total. The summed E-state index contributed by atoms with van der Waals surface area (Å²) < 4.78 is 22.8. The number of hydrogen-bond acceptors (Lipinski definition) is 4. The van der Waals surface area contributed by atoms with E-state index in [-0.39, 0.29) is 29.5 Å². The Balaban J connectivity index is 1.88. The molecule has 2 atom stereocenters. The minimum atomic E-state index is -2.98. The predicted molar refractivity (Wildman–Crippen MR) is 87.6 cm³/mol. The molecule has 2 rings (SSSR count). The molecule has 0 aromatic heterocycles. The molecule has 1 heterocycles. The van der Waals surface area contributed by atoms with Crippen LogP contribution in [0.15, 0.2) is 24.3 Å². The molecule has 1 aliphatic rings. The smallest absolute Gasteiger partial charge is 0.237 e. The Kier molecular flexibility index (Phi) is 5.47. The molecule has 1 aromatic carbocycles. The molecule has 1 aromatic rings. The molecule has 7 heteroatoms. The number of sulfone groups is 1. The molecule has 1 saturated heterocycles. The van der Waals surface area contributed by atoms with Crippen LogP contribution in [0.4, 0.5) is 0 Å². The number of amides is 1. The van der Waals surface area contributed by atoms with E-state index in [9.17, 15) is 13.2 Å². The topological polar surface area (TPSA) is 66.5 Å². The van der Waals surface area contributed by atoms with Crippen LogP contribution in [0.3, 0.4) is 0 Å². The summed E-state index contributed by atoms with van der Waals surface area (Å²) in [4.78, 5) is 14.1. The van der Waals surface area contributed by atoms with Crippen molar-refractivity contribution >= 4 is 27.3 Å². The third kappa shape index (κ3) is 4.69. The number of carbonyl (C=O) groups is 1. The molecular formula is C15H21ClN2O3S. The Morgan fingerprint density at radius 1 is 1.41 bits per heavy atom. The number of nitrogens with one attached hydrogen (secondary N) is 1. The van der Waals surface area contributed by atoms with Crippen molar-refractivity contribution in [1.82, 2.24) is 10.2 Å². The van der Waals surface area contributed by atoms with Crippen molar-refractivity contribution < 1.29 is 13.2 Å². The van der Waals surface area contributed by atoms with Gasteiger partial charge in [-0.2, -0.15) is 0 Å². The number of halogens is 1. The molecule has 122 valence electrons. The van der Waals surface area contributed by atoms with Crippen LogP contribution in [0.2, 0.25) is 5.02 Å². The molecule has 5 nitrogen and oxygen atoms in total. The van der Waals surface area contributed by atoms with Crippen LogP contribution >= 0.6 is 11.6 Å². The number of likely N-dealkylation sites (N-methyl/N-ethyl adjacent to an activating group) is 1. The highest BCUT2D eigenvalue weighted by Gasteiger charge is 2.30. The quantitative estimate of drug-likeness (QED) is 0.878. The Morgan fingerprint density at radius 3 is 2.59 bits per heavy atom. The van der Waals surface area contributed by atoms with E-state index >= 15 is 0 Å². The van der Waals surface area contributed by atoms with Crippen LogP contribution < -0.4 is 5.32 Å². The molecule has 1 fully saturated rings. The zero-order valence-electron chi connectivity index (χ0n) is 12.8. The third-order valence-corrected chi connectivity index (χ3v) is 5.98. The summed E-state index contributed by atoms with van der Waals surface area (Å²) in [6.07, 6.45) is 0.502. The second-order valence-corrected chi connectivity index (χ2v) is 8.49. The Labute approximate surface area is 136 Å². The molecule has 0 bridgehead atoms. The van der Waals surface area contributed by atoms with Gasteiger partial charge in [-0.25, -0.2) is 8.42 Å². The maximum atomic E-state index is 12.2. The van der Waals surface area contributed by atoms with E-state index in [4.69, 9.17) is 11.6 Å². The Hall–Kier alpha value is -1.11. The van der Waals surface area contributed by atoms with Crippen LogP contribution in [-0.2, 0) is 21.2 Å². The van der Waals surface area contributed by atoms with Crippen molar-refractivity contribution in [2.24, 2.45) is 0 Å². The summed E-state index contributed by atoms with van der Waals surface area (Å²) in [5.41, 5.74) is 1.06. The van der Waals surface area contributed by atoms with Gasteiger partial charge in [0.1, 0.15) is 0 Å². The van der Waals surface area contributed by atoms with Crippen molar-refractivity contribution in [2.45, 2.75) is 32.0 Å². The molecule has 0 spiro atoms. The van der Waals surface area contributed by atoms with Crippen LogP contribution in [0, 0.1) is 0 Å². The highest BCUT2D eigenvalue weighted by Crippen LogP contribution is 2.14. The average molecular weight is 345 g/mol. The van der Waals surface area contributed by atoms with Gasteiger partial charge in [0, 0.05) is 17.6 Å². The molecule has 22 heavy (non-hydrogen) atoms. The number of nitrogens with zero attached hydrogens (tertiary/aromatic N) is 1. The van der Waals surface area contributed by atoms with Crippen LogP contribution in [-0.4, -0.2) is 49.9 Å². The van der Waals surface area contributed by atoms with Crippen molar-refractivity contribution in [1.29, 1.82) is 0 Å². The molecular weight excluding hydrogens is 324 g/mol. The van der Waals surface area contributed by atoms with Crippen LogP contribution in [0.25, 0.3) is 0 Å². The molecule has 0 unspecified atom stereocenters. The highest BCUT2D eigenvalue weighted by molar-refractivity contribution is 7.91. The predicted octanol–water partition coefficient (Wildman–Crippen LogP) is 1.46. The van der Waals surface area contributed by atoms with E-state index in [1.54, 1.807) is 0 Å². The molecule has 0 saturated carbocycles. The lowest BCUT2D eigenvalue weighted by Crippen LogP contribution is -2.47. The molecule has 0 aliphatic carbocycles. The first-order valence-corrected chi connectivity index (χ1v) is 9.42. The minimum absolute atomic E-state index is 0.0480. The van der Waals surface area contributed by atoms with Gasteiger partial charge in [-0.15, -0.1) is 0 Å². The zero-order valence-corrected chi connectivity index (χ0v) is 14.3. The highest BCUT2D eigenvalue weighted by atomic mass is 35.5. The van der Waals surface area contributed by atoms with Gasteiger partial charge in [0.15, 0.2) is 9.84 Å². The summed E-state index contributed by atoms with van der Waals surface area (Å²) in [5, 5.41) is 3.51. The standard InChI is InChI=1S/C15H21ClN2O3S/c1-11(15(19)17-14-7-8-22(20,21)10-14)18(2)9-12-3-5-13(16)6-4-12/h3-6,11,14H,7-10H2,1-2H3,(H,17,19)/t11-,14+/m0/s1. The van der Waals surface area contributed by atoms with E-state index in [1.807, 2.05) is 43.1 Å². The second-order valence-electron chi connectivity index (χ2n) is 5.83. The lowest BCUT2D eigenvalue weighted by Gasteiger charge is -2.25. The average Bonchev–Trinajstić information content (AvgIpc) is 2.79. The Bertz CT molecular complexity index is 631. The van der Waals surface area contributed by atoms with Gasteiger partial charge in [-0.05, 0) is 38.1 Å². The van der Waals surface area contributed by atoms with E-state index in [1.165, 1.54) is 0 Å². The second kappa shape index (κ2) is 6.98. The largest absolute Gasteiger partial charge is 0.351 e. The summed E-state index contributed by atoms with van der Waals surface area (Å²) in [6.45, 7) is 2.43. The number of carbonyl (C=O) groups excluding carboxylic acids is 1. The normalized spacial score (nSPS) is 21.7. The van der Waals surface area contributed by atoms with Crippen LogP contribution in [0.1, 0.15) is 18.9 Å².